The highest BCUT2D eigenvalue weighted by molar-refractivity contribution is 6.01. The number of carbonyl (C=O) groups excluding carboxylic acids is 3. The van der Waals surface area contributed by atoms with Crippen molar-refractivity contribution in [1.82, 2.24) is 14.9 Å². The lowest BCUT2D eigenvalue weighted by Crippen LogP contribution is -2.40. The smallest absolute Gasteiger partial charge is 0.328 e. The topological polar surface area (TPSA) is 150 Å². The van der Waals surface area contributed by atoms with Crippen molar-refractivity contribution in [3.63, 3.8) is 0 Å². The first-order chi connectivity index (χ1) is 18.9. The molecule has 0 aliphatic carbocycles. The van der Waals surface area contributed by atoms with E-state index in [1.807, 2.05) is 6.07 Å². The molecule has 12 nitrogen and oxygen atoms in total. The fraction of sp³-hybridized carbons (Fsp3) is 0.481. The number of rotatable bonds is 10. The van der Waals surface area contributed by atoms with Crippen LogP contribution in [0, 0.1) is 11.3 Å². The second-order valence-corrected chi connectivity index (χ2v) is 9.50. The Morgan fingerprint density at radius 2 is 2.21 bits per heavy atom. The third kappa shape index (κ3) is 6.87. The Kier molecular flexibility index (Phi) is 9.40. The van der Waals surface area contributed by atoms with Crippen LogP contribution in [0.15, 0.2) is 18.3 Å². The van der Waals surface area contributed by atoms with Crippen LogP contribution in [0.2, 0.25) is 0 Å². The molecule has 206 valence electrons. The van der Waals surface area contributed by atoms with Gasteiger partial charge in [0.15, 0.2) is 6.29 Å². The highest BCUT2D eigenvalue weighted by Crippen LogP contribution is 2.29. The monoisotopic (exact) mass is 535 g/mol. The number of hydrogen-bond acceptors (Lipinski definition) is 9. The number of nitrogens with one attached hydrogen (secondary N) is 2. The number of nitriles is 1. The van der Waals surface area contributed by atoms with E-state index in [4.69, 9.17) is 9.47 Å². The zero-order valence-electron chi connectivity index (χ0n) is 22.2. The van der Waals surface area contributed by atoms with E-state index in [-0.39, 0.29) is 30.1 Å². The van der Waals surface area contributed by atoms with Crippen molar-refractivity contribution >= 4 is 35.5 Å². The van der Waals surface area contributed by atoms with Gasteiger partial charge in [-0.15, -0.1) is 0 Å². The van der Waals surface area contributed by atoms with E-state index < -0.39 is 6.03 Å². The van der Waals surface area contributed by atoms with Gasteiger partial charge in [-0.3, -0.25) is 19.8 Å². The predicted octanol–water partition coefficient (Wildman–Crippen LogP) is 2.73. The number of amides is 3. The number of fused-ring (bicyclic) bond motifs is 1. The average molecular weight is 536 g/mol. The summed E-state index contributed by atoms with van der Waals surface area (Å²) < 4.78 is 10.7. The van der Waals surface area contributed by atoms with Crippen LogP contribution in [0.1, 0.15) is 53.4 Å². The molecule has 39 heavy (non-hydrogen) atoms. The van der Waals surface area contributed by atoms with Crippen molar-refractivity contribution in [2.75, 3.05) is 55.5 Å². The molecule has 12 heteroatoms. The molecule has 2 aliphatic heterocycles. The van der Waals surface area contributed by atoms with Crippen molar-refractivity contribution in [2.24, 2.45) is 0 Å². The SMILES string of the molecule is COCCNc1cc(NC(=O)N2CCCc3cc(CN(C[C@H]4CCCO4)C(C)=O)c(C=O)nc32)ncc1C#N. The molecular weight excluding hydrogens is 502 g/mol. The number of anilines is 3. The van der Waals surface area contributed by atoms with Gasteiger partial charge in [-0.05, 0) is 37.3 Å². The predicted molar refractivity (Wildman–Crippen MR) is 144 cm³/mol. The molecule has 0 aromatic carbocycles. The standard InChI is InChI=1S/C27H33N7O5/c1-18(36)33(16-22-6-4-9-39-22)15-20-11-19-5-3-8-34(26(19)31-24(20)17-35)27(37)32-25-12-23(29-7-10-38-2)21(13-28)14-30-25/h11-12,14,17,22H,3-10,15-16H2,1-2H3,(H2,29,30,32,37)/t22-/m1/s1. The van der Waals surface area contributed by atoms with Gasteiger partial charge in [-0.1, -0.05) is 0 Å². The molecule has 2 aromatic heterocycles. The molecule has 0 spiro atoms. The summed E-state index contributed by atoms with van der Waals surface area (Å²) in [6.45, 7) is 4.24. The number of aromatic nitrogens is 2. The molecule has 4 heterocycles. The third-order valence-electron chi connectivity index (χ3n) is 6.77. The number of ether oxygens (including phenoxy) is 2. The van der Waals surface area contributed by atoms with Gasteiger partial charge in [0, 0.05) is 64.6 Å². The van der Waals surface area contributed by atoms with E-state index in [9.17, 15) is 19.6 Å². The quantitative estimate of drug-likeness (QED) is 0.346. The summed E-state index contributed by atoms with van der Waals surface area (Å²) in [5, 5.41) is 15.2. The molecule has 2 aromatic rings. The molecule has 2 aliphatic rings. The van der Waals surface area contributed by atoms with E-state index in [1.165, 1.54) is 18.0 Å². The lowest BCUT2D eigenvalue weighted by atomic mass is 10.0. The fourth-order valence-electron chi connectivity index (χ4n) is 4.75. The van der Waals surface area contributed by atoms with Gasteiger partial charge in [0.05, 0.1) is 24.0 Å². The first-order valence-corrected chi connectivity index (χ1v) is 13.0. The largest absolute Gasteiger partial charge is 0.383 e. The summed E-state index contributed by atoms with van der Waals surface area (Å²) in [6, 6.07) is 5.09. The summed E-state index contributed by atoms with van der Waals surface area (Å²) in [7, 11) is 1.58. The lowest BCUT2D eigenvalue weighted by Gasteiger charge is -2.30. The van der Waals surface area contributed by atoms with Gasteiger partial charge < -0.3 is 19.7 Å². The van der Waals surface area contributed by atoms with Gasteiger partial charge in [-0.2, -0.15) is 5.26 Å². The summed E-state index contributed by atoms with van der Waals surface area (Å²) >= 11 is 0. The second kappa shape index (κ2) is 13.1. The van der Waals surface area contributed by atoms with Crippen molar-refractivity contribution < 1.29 is 23.9 Å². The van der Waals surface area contributed by atoms with Crippen LogP contribution >= 0.6 is 0 Å². The Morgan fingerprint density at radius 3 is 2.90 bits per heavy atom. The van der Waals surface area contributed by atoms with Crippen molar-refractivity contribution in [3.05, 3.63) is 40.7 Å². The van der Waals surface area contributed by atoms with E-state index in [2.05, 4.69) is 26.7 Å². The molecule has 1 saturated heterocycles. The minimum Gasteiger partial charge on any atom is -0.383 e. The highest BCUT2D eigenvalue weighted by Gasteiger charge is 2.28. The molecule has 0 radical (unpaired) electrons. The van der Waals surface area contributed by atoms with Crippen LogP contribution in [0.5, 0.6) is 0 Å². The van der Waals surface area contributed by atoms with Crippen molar-refractivity contribution in [3.8, 4) is 6.07 Å². The van der Waals surface area contributed by atoms with Crippen LogP contribution in [-0.2, 0) is 27.2 Å². The maximum atomic E-state index is 13.3. The van der Waals surface area contributed by atoms with Gasteiger partial charge in [0.1, 0.15) is 23.4 Å². The molecule has 4 rings (SSSR count). The summed E-state index contributed by atoms with van der Waals surface area (Å²) in [5.41, 5.74) is 2.53. The maximum Gasteiger partial charge on any atom is 0.328 e. The number of pyridine rings is 2. The molecule has 2 N–H and O–H groups in total. The van der Waals surface area contributed by atoms with Gasteiger partial charge in [0.2, 0.25) is 5.91 Å². The lowest BCUT2D eigenvalue weighted by molar-refractivity contribution is -0.131. The van der Waals surface area contributed by atoms with E-state index in [0.717, 1.165) is 18.4 Å². The molecule has 0 bridgehead atoms. The Labute approximate surface area is 227 Å². The average Bonchev–Trinajstić information content (AvgIpc) is 3.45. The Hall–Kier alpha value is -4.08. The molecule has 1 fully saturated rings. The molecule has 0 saturated carbocycles. The summed E-state index contributed by atoms with van der Waals surface area (Å²) in [5.74, 6) is 0.571. The summed E-state index contributed by atoms with van der Waals surface area (Å²) in [4.78, 5) is 49.5. The molecule has 3 amide bonds. The number of aldehydes is 1. The van der Waals surface area contributed by atoms with E-state index in [0.29, 0.717) is 74.6 Å². The molecule has 1 atom stereocenters. The minimum atomic E-state index is -0.447. The number of aryl methyl sites for hydroxylation is 1. The van der Waals surface area contributed by atoms with E-state index in [1.54, 1.807) is 18.1 Å². The van der Waals surface area contributed by atoms with E-state index >= 15 is 0 Å². The van der Waals surface area contributed by atoms with Gasteiger partial charge in [0.25, 0.3) is 0 Å². The number of nitrogens with zero attached hydrogens (tertiary/aromatic N) is 5. The van der Waals surface area contributed by atoms with Crippen LogP contribution < -0.4 is 15.5 Å². The number of urea groups is 1. The van der Waals surface area contributed by atoms with Gasteiger partial charge >= 0.3 is 6.03 Å². The zero-order valence-corrected chi connectivity index (χ0v) is 22.2. The van der Waals surface area contributed by atoms with Crippen LogP contribution in [0.4, 0.5) is 22.1 Å². The first kappa shape index (κ1) is 27.9. The normalized spacial score (nSPS) is 16.2. The van der Waals surface area contributed by atoms with Crippen molar-refractivity contribution in [2.45, 2.75) is 45.3 Å². The molecule has 0 unspecified atom stereocenters. The van der Waals surface area contributed by atoms with Crippen LogP contribution in [-0.4, -0.2) is 79.2 Å². The number of hydrogen-bond donors (Lipinski definition) is 2. The number of methoxy groups -OCH3 is 1. The van der Waals surface area contributed by atoms with Gasteiger partial charge in [-0.25, -0.2) is 14.8 Å². The second-order valence-electron chi connectivity index (χ2n) is 9.50. The molecular formula is C27H33N7O5. The Bertz CT molecular complexity index is 1260. The number of carbonyl (C=O) groups is 3. The Balaban J connectivity index is 1.53. The van der Waals surface area contributed by atoms with Crippen molar-refractivity contribution in [1.29, 1.82) is 5.26 Å². The summed E-state index contributed by atoms with van der Waals surface area (Å²) in [6.07, 6.45) is 5.30. The van der Waals surface area contributed by atoms with Crippen LogP contribution in [0.3, 0.4) is 0 Å². The maximum absolute atomic E-state index is 13.3. The third-order valence-corrected chi connectivity index (χ3v) is 6.77. The minimum absolute atomic E-state index is 0.00937. The highest BCUT2D eigenvalue weighted by atomic mass is 16.5. The Morgan fingerprint density at radius 1 is 1.36 bits per heavy atom. The zero-order chi connectivity index (χ0) is 27.8. The van der Waals surface area contributed by atoms with Crippen LogP contribution in [0.25, 0.3) is 0 Å². The fourth-order valence-corrected chi connectivity index (χ4v) is 4.75. The first-order valence-electron chi connectivity index (χ1n) is 13.0.